The first-order valence-electron chi connectivity index (χ1n) is 9.16. The third-order valence-electron chi connectivity index (χ3n) is 4.06. The summed E-state index contributed by atoms with van der Waals surface area (Å²) in [6.07, 6.45) is 2.15. The summed E-state index contributed by atoms with van der Waals surface area (Å²) in [6.45, 7) is 1.79. The maximum Gasteiger partial charge on any atom is 0.256 e. The molecular formula is C23H20N2O3S. The van der Waals surface area contributed by atoms with Crippen LogP contribution < -0.4 is 5.32 Å². The number of carbonyl (C=O) groups is 1. The van der Waals surface area contributed by atoms with Gasteiger partial charge in [0.05, 0.1) is 16.2 Å². The fraction of sp³-hybridized carbons (Fsp3) is 0.130. The van der Waals surface area contributed by atoms with E-state index in [1.165, 1.54) is 12.1 Å². The van der Waals surface area contributed by atoms with Gasteiger partial charge in [-0.05, 0) is 54.8 Å². The molecule has 0 spiro atoms. The van der Waals surface area contributed by atoms with E-state index in [1.54, 1.807) is 43.5 Å². The first kappa shape index (κ1) is 20.3. The van der Waals surface area contributed by atoms with Gasteiger partial charge in [-0.1, -0.05) is 37.1 Å². The molecular weight excluding hydrogens is 384 g/mol. The highest BCUT2D eigenvalue weighted by Gasteiger charge is 2.21. The van der Waals surface area contributed by atoms with Crippen LogP contribution in [-0.2, 0) is 9.84 Å². The van der Waals surface area contributed by atoms with Crippen molar-refractivity contribution in [3.05, 3.63) is 89.7 Å². The molecule has 0 radical (unpaired) electrons. The van der Waals surface area contributed by atoms with Gasteiger partial charge < -0.3 is 5.32 Å². The maximum atomic E-state index is 12.8. The molecule has 1 amide bonds. The third kappa shape index (κ3) is 5.31. The van der Waals surface area contributed by atoms with Gasteiger partial charge in [0.25, 0.3) is 5.91 Å². The number of benzene rings is 2. The van der Waals surface area contributed by atoms with E-state index in [1.807, 2.05) is 24.3 Å². The Balaban J connectivity index is 1.83. The Morgan fingerprint density at radius 1 is 1.00 bits per heavy atom. The summed E-state index contributed by atoms with van der Waals surface area (Å²) >= 11 is 0. The quantitative estimate of drug-likeness (QED) is 0.654. The summed E-state index contributed by atoms with van der Waals surface area (Å²) in [6, 6.07) is 18.8. The molecule has 0 bridgehead atoms. The molecule has 0 unspecified atom stereocenters. The van der Waals surface area contributed by atoms with Crippen LogP contribution in [0.5, 0.6) is 0 Å². The smallest absolute Gasteiger partial charge is 0.256 e. The van der Waals surface area contributed by atoms with Crippen molar-refractivity contribution in [1.82, 2.24) is 4.98 Å². The zero-order chi connectivity index (χ0) is 20.7. The average Bonchev–Trinajstić information content (AvgIpc) is 2.73. The Morgan fingerprint density at radius 2 is 1.79 bits per heavy atom. The van der Waals surface area contributed by atoms with Crippen LogP contribution >= 0.6 is 0 Å². The monoisotopic (exact) mass is 404 g/mol. The van der Waals surface area contributed by atoms with Crippen molar-refractivity contribution < 1.29 is 13.2 Å². The first-order chi connectivity index (χ1) is 14.0. The summed E-state index contributed by atoms with van der Waals surface area (Å²) in [4.78, 5) is 17.0. The molecule has 2 aromatic carbocycles. The first-order valence-corrected chi connectivity index (χ1v) is 10.8. The molecule has 0 aliphatic rings. The van der Waals surface area contributed by atoms with Gasteiger partial charge in [0.2, 0.25) is 0 Å². The van der Waals surface area contributed by atoms with E-state index >= 15 is 0 Å². The van der Waals surface area contributed by atoms with Gasteiger partial charge in [0.1, 0.15) is 5.69 Å². The Kier molecular flexibility index (Phi) is 6.43. The predicted molar refractivity (Wildman–Crippen MR) is 113 cm³/mol. The minimum absolute atomic E-state index is 0.00408. The second-order valence-electron chi connectivity index (χ2n) is 6.31. The summed E-state index contributed by atoms with van der Waals surface area (Å²) in [7, 11) is -3.52. The third-order valence-corrected chi connectivity index (χ3v) is 6.03. The maximum absolute atomic E-state index is 12.8. The molecule has 0 aliphatic heterocycles. The van der Waals surface area contributed by atoms with Gasteiger partial charge in [0, 0.05) is 17.4 Å². The van der Waals surface area contributed by atoms with Crippen LogP contribution in [0.25, 0.3) is 0 Å². The van der Waals surface area contributed by atoms with Crippen molar-refractivity contribution in [3.8, 4) is 11.8 Å². The molecule has 5 nitrogen and oxygen atoms in total. The van der Waals surface area contributed by atoms with Gasteiger partial charge in [-0.2, -0.15) is 0 Å². The normalized spacial score (nSPS) is 10.7. The number of sulfone groups is 1. The average molecular weight is 404 g/mol. The van der Waals surface area contributed by atoms with Crippen LogP contribution in [0, 0.1) is 11.8 Å². The van der Waals surface area contributed by atoms with E-state index < -0.39 is 15.7 Å². The number of hydrogen-bond donors (Lipinski definition) is 1. The number of rotatable bonds is 5. The van der Waals surface area contributed by atoms with E-state index in [0.29, 0.717) is 23.4 Å². The fourth-order valence-electron chi connectivity index (χ4n) is 2.75. The lowest BCUT2D eigenvalue weighted by atomic mass is 10.1. The number of amides is 1. The van der Waals surface area contributed by atoms with E-state index in [0.717, 1.165) is 0 Å². The minimum atomic E-state index is -3.52. The van der Waals surface area contributed by atoms with E-state index in [9.17, 15) is 13.2 Å². The van der Waals surface area contributed by atoms with Crippen molar-refractivity contribution in [1.29, 1.82) is 0 Å². The van der Waals surface area contributed by atoms with Gasteiger partial charge in [-0.25, -0.2) is 13.4 Å². The van der Waals surface area contributed by atoms with Crippen molar-refractivity contribution >= 4 is 21.4 Å². The Hall–Kier alpha value is -3.43. The minimum Gasteiger partial charge on any atom is -0.322 e. The molecule has 0 atom stereocenters. The molecule has 1 N–H and O–H groups in total. The summed E-state index contributed by atoms with van der Waals surface area (Å²) < 4.78 is 25.0. The lowest BCUT2D eigenvalue weighted by Gasteiger charge is -2.11. The molecule has 0 saturated carbocycles. The number of carbonyl (C=O) groups excluding carboxylic acids is 1. The highest BCUT2D eigenvalue weighted by molar-refractivity contribution is 7.91. The van der Waals surface area contributed by atoms with Gasteiger partial charge in [-0.3, -0.25) is 4.79 Å². The second kappa shape index (κ2) is 9.18. The van der Waals surface area contributed by atoms with Crippen molar-refractivity contribution in [3.63, 3.8) is 0 Å². The van der Waals surface area contributed by atoms with Crippen molar-refractivity contribution in [2.45, 2.75) is 18.2 Å². The zero-order valence-electron chi connectivity index (χ0n) is 15.9. The number of nitrogens with zero attached hydrogens (tertiary/aromatic N) is 1. The van der Waals surface area contributed by atoms with Crippen LogP contribution in [0.4, 0.5) is 5.69 Å². The summed E-state index contributed by atoms with van der Waals surface area (Å²) in [5.74, 6) is 5.49. The Bertz CT molecular complexity index is 1180. The molecule has 6 heteroatoms. The largest absolute Gasteiger partial charge is 0.322 e. The topological polar surface area (TPSA) is 76.1 Å². The van der Waals surface area contributed by atoms with Crippen LogP contribution in [0.15, 0.2) is 77.8 Å². The molecule has 146 valence electrons. The highest BCUT2D eigenvalue weighted by atomic mass is 32.2. The molecule has 0 saturated heterocycles. The zero-order valence-corrected chi connectivity index (χ0v) is 16.7. The van der Waals surface area contributed by atoms with Gasteiger partial charge >= 0.3 is 0 Å². The molecule has 3 aromatic rings. The van der Waals surface area contributed by atoms with Crippen molar-refractivity contribution in [2.75, 3.05) is 11.1 Å². The molecule has 0 fully saturated rings. The summed E-state index contributed by atoms with van der Waals surface area (Å²) in [5, 5.41) is 2.76. The Labute approximate surface area is 170 Å². The van der Waals surface area contributed by atoms with Gasteiger partial charge in [-0.15, -0.1) is 0 Å². The predicted octanol–water partition coefficient (Wildman–Crippen LogP) is 3.92. The Morgan fingerprint density at radius 3 is 2.55 bits per heavy atom. The number of aromatic nitrogens is 1. The van der Waals surface area contributed by atoms with Crippen LogP contribution in [0.3, 0.4) is 0 Å². The lowest BCUT2D eigenvalue weighted by molar-refractivity contribution is 0.102. The highest BCUT2D eigenvalue weighted by Crippen LogP contribution is 2.20. The molecule has 1 aromatic heterocycles. The molecule has 1 heterocycles. The number of hydrogen-bond acceptors (Lipinski definition) is 4. The fourth-order valence-corrected chi connectivity index (χ4v) is 4.29. The van der Waals surface area contributed by atoms with Gasteiger partial charge in [0.15, 0.2) is 9.84 Å². The van der Waals surface area contributed by atoms with E-state index in [2.05, 4.69) is 22.1 Å². The van der Waals surface area contributed by atoms with E-state index in [4.69, 9.17) is 0 Å². The summed E-state index contributed by atoms with van der Waals surface area (Å²) in [5.41, 5.74) is 2.02. The SMILES string of the molecule is CCCS(=O)(=O)c1ccccc1C(=O)Nc1cccc(C#Cc2ccccn2)c1. The number of pyridine rings is 1. The van der Waals surface area contributed by atoms with E-state index in [-0.39, 0.29) is 16.2 Å². The molecule has 3 rings (SSSR count). The standard InChI is InChI=1S/C23H20N2O3S/c1-2-16-29(27,28)22-12-4-3-11-21(22)23(26)25-20-10-7-8-18(17-20)13-14-19-9-5-6-15-24-19/h3-12,15,17H,2,16H2,1H3,(H,25,26). The van der Waals surface area contributed by atoms with Crippen LogP contribution in [0.1, 0.15) is 35.0 Å². The molecule has 0 aliphatic carbocycles. The lowest BCUT2D eigenvalue weighted by Crippen LogP contribution is -2.17. The second-order valence-corrected chi connectivity index (χ2v) is 8.39. The van der Waals surface area contributed by atoms with Crippen LogP contribution in [-0.4, -0.2) is 25.1 Å². The van der Waals surface area contributed by atoms with Crippen LogP contribution in [0.2, 0.25) is 0 Å². The van der Waals surface area contributed by atoms with Crippen molar-refractivity contribution in [2.24, 2.45) is 0 Å². The number of nitrogens with one attached hydrogen (secondary N) is 1. The number of anilines is 1. The molecule has 29 heavy (non-hydrogen) atoms.